The van der Waals surface area contributed by atoms with Crippen molar-refractivity contribution in [2.24, 2.45) is 5.92 Å². The van der Waals surface area contributed by atoms with Gasteiger partial charge in [-0.3, -0.25) is 9.48 Å². The number of amides is 1. The number of nitrogens with zero attached hydrogens (tertiary/aromatic N) is 3. The van der Waals surface area contributed by atoms with Gasteiger partial charge in [-0.25, -0.2) is 0 Å². The van der Waals surface area contributed by atoms with Crippen molar-refractivity contribution >= 4 is 13.0 Å². The minimum Gasteiger partial charge on any atom is -0.492 e. The van der Waals surface area contributed by atoms with E-state index in [9.17, 15) is 14.8 Å². The zero-order valence-electron chi connectivity index (χ0n) is 20.9. The molecule has 0 saturated heterocycles. The van der Waals surface area contributed by atoms with E-state index in [1.165, 1.54) is 0 Å². The molecule has 0 bridgehead atoms. The fraction of sp³-hybridized carbons (Fsp3) is 0.385. The largest absolute Gasteiger partial charge is 0.492 e. The Bertz CT molecular complexity index is 1090. The van der Waals surface area contributed by atoms with E-state index in [1.54, 1.807) is 4.68 Å². The first kappa shape index (κ1) is 26.5. The minimum atomic E-state index is -1.63. The third-order valence-electron chi connectivity index (χ3n) is 5.51. The Balaban J connectivity index is 1.86. The molecule has 0 aliphatic heterocycles. The number of rotatable bonds is 12. The lowest BCUT2D eigenvalue weighted by atomic mass is 9.75. The van der Waals surface area contributed by atoms with Gasteiger partial charge in [0.2, 0.25) is 5.91 Å². The first-order chi connectivity index (χ1) is 16.7. The summed E-state index contributed by atoms with van der Waals surface area (Å²) in [6.45, 7) is 5.27. The summed E-state index contributed by atoms with van der Waals surface area (Å²) in [4.78, 5) is 14.9. The highest BCUT2D eigenvalue weighted by Gasteiger charge is 2.26. The molecule has 0 saturated carbocycles. The van der Waals surface area contributed by atoms with Crippen LogP contribution >= 0.6 is 0 Å². The van der Waals surface area contributed by atoms with Crippen molar-refractivity contribution < 1.29 is 19.6 Å². The number of hydrogen-bond acceptors (Lipinski definition) is 6. The molecule has 35 heavy (non-hydrogen) atoms. The van der Waals surface area contributed by atoms with E-state index in [4.69, 9.17) is 9.84 Å². The first-order valence-corrected chi connectivity index (χ1v) is 11.9. The molecule has 3 rings (SSSR count). The molecule has 1 amide bonds. The summed E-state index contributed by atoms with van der Waals surface area (Å²) >= 11 is 0. The van der Waals surface area contributed by atoms with E-state index in [1.807, 2.05) is 88.6 Å². The van der Waals surface area contributed by atoms with Crippen molar-refractivity contribution in [3.05, 3.63) is 60.7 Å². The second kappa shape index (κ2) is 12.5. The Morgan fingerprint density at radius 2 is 1.80 bits per heavy atom. The number of likely N-dealkylation sites (N-methyl/N-ethyl adjacent to an activating group) is 1. The van der Waals surface area contributed by atoms with Crippen molar-refractivity contribution in [3.63, 3.8) is 0 Å². The molecule has 0 radical (unpaired) electrons. The topological polar surface area (TPSA) is 99.9 Å². The van der Waals surface area contributed by atoms with Crippen molar-refractivity contribution in [1.82, 2.24) is 20.0 Å². The number of nitrogens with one attached hydrogen (secondary N) is 1. The third-order valence-corrected chi connectivity index (χ3v) is 5.51. The molecule has 8 nitrogen and oxygen atoms in total. The van der Waals surface area contributed by atoms with Gasteiger partial charge in [0, 0.05) is 12.1 Å². The summed E-state index contributed by atoms with van der Waals surface area (Å²) in [7, 11) is 2.37. The van der Waals surface area contributed by atoms with Gasteiger partial charge in [-0.1, -0.05) is 56.3 Å². The number of hydrogen-bond donors (Lipinski definition) is 3. The van der Waals surface area contributed by atoms with Gasteiger partial charge in [-0.15, -0.1) is 0 Å². The van der Waals surface area contributed by atoms with Crippen LogP contribution in [-0.4, -0.2) is 70.9 Å². The maximum atomic E-state index is 12.8. The van der Waals surface area contributed by atoms with Gasteiger partial charge in [0.15, 0.2) is 0 Å². The van der Waals surface area contributed by atoms with Crippen molar-refractivity contribution in [1.29, 1.82) is 0 Å². The second-order valence-corrected chi connectivity index (χ2v) is 9.34. The lowest BCUT2D eigenvalue weighted by molar-refractivity contribution is -0.122. The Hall–Kier alpha value is -3.14. The monoisotopic (exact) mass is 478 g/mol. The Morgan fingerprint density at radius 3 is 2.46 bits per heavy atom. The zero-order valence-corrected chi connectivity index (χ0v) is 20.9. The number of aromatic nitrogens is 2. The third kappa shape index (κ3) is 7.95. The summed E-state index contributed by atoms with van der Waals surface area (Å²) in [6.07, 6.45) is 0.458. The summed E-state index contributed by atoms with van der Waals surface area (Å²) in [5.74, 6) is -0.123. The average molecular weight is 478 g/mol. The number of benzene rings is 2. The lowest BCUT2D eigenvalue weighted by Crippen LogP contribution is -2.48. The Labute approximate surface area is 207 Å². The van der Waals surface area contributed by atoms with Gasteiger partial charge in [-0.2, -0.15) is 5.10 Å². The quantitative estimate of drug-likeness (QED) is 0.346. The molecule has 0 aliphatic rings. The van der Waals surface area contributed by atoms with E-state index in [0.29, 0.717) is 13.0 Å². The number of carbonyl (C=O) groups excluding carboxylic acids is 1. The fourth-order valence-corrected chi connectivity index (χ4v) is 3.76. The van der Waals surface area contributed by atoms with Crippen LogP contribution in [0.2, 0.25) is 0 Å². The highest BCUT2D eigenvalue weighted by molar-refractivity contribution is 6.43. The molecule has 2 aromatic carbocycles. The molecule has 0 unspecified atom stereocenters. The maximum Gasteiger partial charge on any atom is 0.475 e. The van der Waals surface area contributed by atoms with Crippen LogP contribution in [0.25, 0.3) is 22.5 Å². The van der Waals surface area contributed by atoms with Gasteiger partial charge >= 0.3 is 7.12 Å². The van der Waals surface area contributed by atoms with Gasteiger partial charge in [0.1, 0.15) is 18.9 Å². The molecule has 1 heterocycles. The maximum absolute atomic E-state index is 12.8. The van der Waals surface area contributed by atoms with Crippen LogP contribution in [0.5, 0.6) is 5.75 Å². The van der Waals surface area contributed by atoms with Crippen LogP contribution in [0, 0.1) is 5.92 Å². The molecule has 186 valence electrons. The summed E-state index contributed by atoms with van der Waals surface area (Å²) < 4.78 is 7.52. The summed E-state index contributed by atoms with van der Waals surface area (Å²) in [5.41, 5.74) is 3.32. The fourth-order valence-electron chi connectivity index (χ4n) is 3.76. The number of carbonyl (C=O) groups is 1. The predicted molar refractivity (Wildman–Crippen MR) is 139 cm³/mol. The van der Waals surface area contributed by atoms with Gasteiger partial charge in [0.25, 0.3) is 0 Å². The molecular weight excluding hydrogens is 443 g/mol. The van der Waals surface area contributed by atoms with Crippen LogP contribution in [0.15, 0.2) is 60.7 Å². The molecule has 1 atom stereocenters. The second-order valence-electron chi connectivity index (χ2n) is 9.34. The standard InChI is InChI=1S/C26H35BN4O4/c1-19(2)15-25(27(33)34)28-26(32)18-31-24(20-9-6-5-7-10-20)17-23(29-31)21-11-8-12-22(16-21)35-14-13-30(3)4/h5-12,16-17,19,25,33-34H,13-15,18H2,1-4H3,(H,28,32)/t25-/m0/s1. The van der Waals surface area contributed by atoms with Crippen LogP contribution in [0.1, 0.15) is 20.3 Å². The highest BCUT2D eigenvalue weighted by atomic mass is 16.5. The molecular formula is C26H35BN4O4. The predicted octanol–water partition coefficient (Wildman–Crippen LogP) is 2.70. The average Bonchev–Trinajstić information content (AvgIpc) is 3.22. The van der Waals surface area contributed by atoms with Gasteiger partial charge < -0.3 is 25.0 Å². The molecule has 0 fully saturated rings. The first-order valence-electron chi connectivity index (χ1n) is 11.9. The molecule has 1 aromatic heterocycles. The SMILES string of the molecule is CC(C)C[C@H](NC(=O)Cn1nc(-c2cccc(OCCN(C)C)c2)cc1-c1ccccc1)B(O)O. The molecule has 3 N–H and O–H groups in total. The normalized spacial score (nSPS) is 12.1. The smallest absolute Gasteiger partial charge is 0.475 e. The van der Waals surface area contributed by atoms with Crippen LogP contribution in [0.4, 0.5) is 0 Å². The van der Waals surface area contributed by atoms with E-state index in [-0.39, 0.29) is 18.4 Å². The minimum absolute atomic E-state index is 0.0510. The Kier molecular flexibility index (Phi) is 9.48. The van der Waals surface area contributed by atoms with E-state index < -0.39 is 13.1 Å². The van der Waals surface area contributed by atoms with E-state index in [2.05, 4.69) is 10.2 Å². The summed E-state index contributed by atoms with van der Waals surface area (Å²) in [6, 6.07) is 19.4. The Morgan fingerprint density at radius 1 is 1.09 bits per heavy atom. The molecule has 0 spiro atoms. The molecule has 9 heteroatoms. The molecule has 3 aromatic rings. The van der Waals surface area contributed by atoms with Crippen molar-refractivity contribution in [2.45, 2.75) is 32.8 Å². The van der Waals surface area contributed by atoms with Gasteiger partial charge in [0.05, 0.1) is 17.3 Å². The van der Waals surface area contributed by atoms with Crippen molar-refractivity contribution in [2.75, 3.05) is 27.2 Å². The van der Waals surface area contributed by atoms with Crippen LogP contribution in [-0.2, 0) is 11.3 Å². The van der Waals surface area contributed by atoms with Crippen LogP contribution in [0.3, 0.4) is 0 Å². The van der Waals surface area contributed by atoms with E-state index >= 15 is 0 Å². The van der Waals surface area contributed by atoms with E-state index in [0.717, 1.165) is 34.8 Å². The number of ether oxygens (including phenoxy) is 1. The lowest BCUT2D eigenvalue weighted by Gasteiger charge is -2.20. The van der Waals surface area contributed by atoms with Gasteiger partial charge in [-0.05, 0) is 50.2 Å². The highest BCUT2D eigenvalue weighted by Crippen LogP contribution is 2.28. The molecule has 0 aliphatic carbocycles. The summed E-state index contributed by atoms with van der Waals surface area (Å²) in [5, 5.41) is 26.8. The van der Waals surface area contributed by atoms with Crippen LogP contribution < -0.4 is 10.1 Å². The van der Waals surface area contributed by atoms with Crippen molar-refractivity contribution in [3.8, 4) is 28.3 Å². The zero-order chi connectivity index (χ0) is 25.4.